The molecule has 0 aliphatic heterocycles. The van der Waals surface area contributed by atoms with E-state index in [9.17, 15) is 10.1 Å². The number of nitrogens with zero attached hydrogens (tertiary/aromatic N) is 1. The Bertz CT molecular complexity index is 1120. The molecule has 0 spiro atoms. The van der Waals surface area contributed by atoms with Crippen molar-refractivity contribution in [3.63, 3.8) is 0 Å². The lowest BCUT2D eigenvalue weighted by atomic mass is 10.0. The monoisotopic (exact) mass is 515 g/mol. The van der Waals surface area contributed by atoms with Gasteiger partial charge >= 0.3 is 5.97 Å². The molecule has 144 valence electrons. The lowest BCUT2D eigenvalue weighted by Crippen LogP contribution is -1.99. The van der Waals surface area contributed by atoms with Crippen LogP contribution in [0.15, 0.2) is 66.7 Å². The highest BCUT2D eigenvalue weighted by Gasteiger charge is 2.08. The number of allylic oxidation sites excluding steroid dienone is 1. The number of nitriles is 1. The Balaban J connectivity index is 1.75. The maximum absolute atomic E-state index is 10.9. The number of carboxylic acid groups (broad SMARTS) is 1. The third-order valence-corrected chi connectivity index (χ3v) is 5.32. The second-order valence-corrected chi connectivity index (χ2v) is 7.70. The van der Waals surface area contributed by atoms with Crippen LogP contribution in [-0.2, 0) is 6.61 Å². The summed E-state index contributed by atoms with van der Waals surface area (Å²) in [5, 5.41) is 19.0. The molecule has 6 heteroatoms. The zero-order chi connectivity index (χ0) is 20.8. The predicted molar refractivity (Wildman–Crippen MR) is 122 cm³/mol. The van der Waals surface area contributed by atoms with Crippen molar-refractivity contribution >= 4 is 51.8 Å². The summed E-state index contributed by atoms with van der Waals surface area (Å²) in [5.41, 5.74) is 3.16. The third-order valence-electron chi connectivity index (χ3n) is 4.15. The van der Waals surface area contributed by atoms with Gasteiger partial charge < -0.3 is 9.84 Å². The maximum Gasteiger partial charge on any atom is 0.335 e. The molecule has 0 amide bonds. The zero-order valence-electron chi connectivity index (χ0n) is 15.1. The highest BCUT2D eigenvalue weighted by atomic mass is 127. The van der Waals surface area contributed by atoms with Crippen LogP contribution < -0.4 is 4.74 Å². The van der Waals surface area contributed by atoms with Crippen molar-refractivity contribution < 1.29 is 14.6 Å². The van der Waals surface area contributed by atoms with Crippen molar-refractivity contribution in [2.24, 2.45) is 0 Å². The fourth-order valence-corrected chi connectivity index (χ4v) is 3.58. The van der Waals surface area contributed by atoms with E-state index in [1.165, 1.54) is 0 Å². The number of aromatic carboxylic acids is 1. The highest BCUT2D eigenvalue weighted by Crippen LogP contribution is 2.28. The van der Waals surface area contributed by atoms with E-state index in [0.717, 1.165) is 14.7 Å². The van der Waals surface area contributed by atoms with Gasteiger partial charge in [-0.1, -0.05) is 48.0 Å². The Morgan fingerprint density at radius 1 is 1.14 bits per heavy atom. The summed E-state index contributed by atoms with van der Waals surface area (Å²) in [5.74, 6) is -0.245. The molecule has 1 N–H and O–H groups in total. The van der Waals surface area contributed by atoms with Crippen molar-refractivity contribution in [3.8, 4) is 11.8 Å². The molecule has 3 aromatic rings. The van der Waals surface area contributed by atoms with Gasteiger partial charge in [0.15, 0.2) is 0 Å². The molecule has 0 heterocycles. The average molecular weight is 516 g/mol. The van der Waals surface area contributed by atoms with Gasteiger partial charge in [0.05, 0.1) is 20.8 Å². The molecule has 4 nitrogen and oxygen atoms in total. The molecule has 0 aromatic heterocycles. The van der Waals surface area contributed by atoms with Crippen LogP contribution in [0.2, 0.25) is 5.02 Å². The second kappa shape index (κ2) is 9.59. The molecular formula is C23H15ClINO3. The standard InChI is InChI=1S/C23H15ClINO3/c24-20-4-2-1-3-19(20)18(13-26)11-16-7-10-22(21(25)12-16)29-14-15-5-8-17(9-6-15)23(27)28/h1-12H,14H2,(H,27,28). The van der Waals surface area contributed by atoms with Gasteiger partial charge in [-0.25, -0.2) is 4.79 Å². The van der Waals surface area contributed by atoms with Gasteiger partial charge in [-0.05, 0) is 70.1 Å². The SMILES string of the molecule is N#CC(=Cc1ccc(OCc2ccc(C(=O)O)cc2)c(I)c1)c1ccccc1Cl. The van der Waals surface area contributed by atoms with Crippen molar-refractivity contribution in [2.75, 3.05) is 0 Å². The first-order valence-electron chi connectivity index (χ1n) is 8.59. The number of hydrogen-bond donors (Lipinski definition) is 1. The molecule has 0 bridgehead atoms. The summed E-state index contributed by atoms with van der Waals surface area (Å²) >= 11 is 8.38. The van der Waals surface area contributed by atoms with Crippen LogP contribution in [0.5, 0.6) is 5.75 Å². The number of carbonyl (C=O) groups is 1. The molecule has 29 heavy (non-hydrogen) atoms. The molecule has 0 unspecified atom stereocenters. The minimum atomic E-state index is -0.954. The van der Waals surface area contributed by atoms with E-state index in [4.69, 9.17) is 21.4 Å². The quantitative estimate of drug-likeness (QED) is 0.238. The number of benzene rings is 3. The number of rotatable bonds is 6. The van der Waals surface area contributed by atoms with Gasteiger partial charge in [0.25, 0.3) is 0 Å². The maximum atomic E-state index is 10.9. The topological polar surface area (TPSA) is 70.3 Å². The molecule has 0 radical (unpaired) electrons. The van der Waals surface area contributed by atoms with Crippen LogP contribution in [0.4, 0.5) is 0 Å². The summed E-state index contributed by atoms with van der Waals surface area (Å²) < 4.78 is 6.75. The third kappa shape index (κ3) is 5.37. The van der Waals surface area contributed by atoms with E-state index >= 15 is 0 Å². The normalized spacial score (nSPS) is 11.0. The van der Waals surface area contributed by atoms with Gasteiger partial charge in [-0.2, -0.15) is 5.26 Å². The summed E-state index contributed by atoms with van der Waals surface area (Å²) in [6.45, 7) is 0.328. The molecule has 3 aromatic carbocycles. The fourth-order valence-electron chi connectivity index (χ4n) is 2.65. The second-order valence-electron chi connectivity index (χ2n) is 6.13. The van der Waals surface area contributed by atoms with Crippen molar-refractivity contribution in [2.45, 2.75) is 6.61 Å². The van der Waals surface area contributed by atoms with Gasteiger partial charge in [-0.15, -0.1) is 0 Å². The van der Waals surface area contributed by atoms with Crippen LogP contribution in [0.25, 0.3) is 11.6 Å². The van der Waals surface area contributed by atoms with Crippen LogP contribution in [0.1, 0.15) is 27.0 Å². The van der Waals surface area contributed by atoms with E-state index in [2.05, 4.69) is 28.7 Å². The zero-order valence-corrected chi connectivity index (χ0v) is 18.0. The molecule has 0 aliphatic carbocycles. The van der Waals surface area contributed by atoms with E-state index in [1.54, 1.807) is 36.4 Å². The average Bonchev–Trinajstić information content (AvgIpc) is 2.72. The van der Waals surface area contributed by atoms with E-state index in [1.807, 2.05) is 36.4 Å². The summed E-state index contributed by atoms with van der Waals surface area (Å²) in [7, 11) is 0. The summed E-state index contributed by atoms with van der Waals surface area (Å²) in [4.78, 5) is 10.9. The van der Waals surface area contributed by atoms with E-state index < -0.39 is 5.97 Å². The number of carboxylic acids is 1. The summed E-state index contributed by atoms with van der Waals surface area (Å²) in [6.07, 6.45) is 1.79. The van der Waals surface area contributed by atoms with E-state index in [0.29, 0.717) is 28.5 Å². The van der Waals surface area contributed by atoms with Crippen LogP contribution in [0.3, 0.4) is 0 Å². The fraction of sp³-hybridized carbons (Fsp3) is 0.0435. The Morgan fingerprint density at radius 2 is 1.86 bits per heavy atom. The number of halogens is 2. The van der Waals surface area contributed by atoms with E-state index in [-0.39, 0.29) is 5.56 Å². The number of hydrogen-bond acceptors (Lipinski definition) is 3. The predicted octanol–water partition coefficient (Wildman–Crippen LogP) is 6.29. The molecule has 0 saturated carbocycles. The first-order chi connectivity index (χ1) is 14.0. The van der Waals surface area contributed by atoms with Crippen LogP contribution in [0, 0.1) is 14.9 Å². The smallest absolute Gasteiger partial charge is 0.335 e. The molecule has 0 saturated heterocycles. The minimum Gasteiger partial charge on any atom is -0.488 e. The minimum absolute atomic E-state index is 0.242. The molecule has 0 fully saturated rings. The number of ether oxygens (including phenoxy) is 1. The highest BCUT2D eigenvalue weighted by molar-refractivity contribution is 14.1. The lowest BCUT2D eigenvalue weighted by Gasteiger charge is -2.10. The largest absolute Gasteiger partial charge is 0.488 e. The van der Waals surface area contributed by atoms with Gasteiger partial charge in [-0.3, -0.25) is 0 Å². The van der Waals surface area contributed by atoms with Crippen molar-refractivity contribution in [3.05, 3.63) is 97.6 Å². The molecule has 0 atom stereocenters. The van der Waals surface area contributed by atoms with Gasteiger partial charge in [0.2, 0.25) is 0 Å². The molecular weight excluding hydrogens is 501 g/mol. The Hall–Kier alpha value is -2.82. The lowest BCUT2D eigenvalue weighted by molar-refractivity contribution is 0.0697. The first-order valence-corrected chi connectivity index (χ1v) is 10.0. The van der Waals surface area contributed by atoms with Crippen LogP contribution in [-0.4, -0.2) is 11.1 Å². The first kappa shape index (κ1) is 20.9. The van der Waals surface area contributed by atoms with Gasteiger partial charge in [0, 0.05) is 10.6 Å². The van der Waals surface area contributed by atoms with Crippen molar-refractivity contribution in [1.29, 1.82) is 5.26 Å². The Kier molecular flexibility index (Phi) is 6.91. The molecule has 3 rings (SSSR count). The summed E-state index contributed by atoms with van der Waals surface area (Å²) in [6, 6.07) is 21.7. The van der Waals surface area contributed by atoms with Crippen LogP contribution >= 0.6 is 34.2 Å². The van der Waals surface area contributed by atoms with Crippen molar-refractivity contribution in [1.82, 2.24) is 0 Å². The molecule has 0 aliphatic rings. The van der Waals surface area contributed by atoms with Gasteiger partial charge in [0.1, 0.15) is 12.4 Å². The Morgan fingerprint density at radius 3 is 2.48 bits per heavy atom. The Labute approximate surface area is 187 Å².